The summed E-state index contributed by atoms with van der Waals surface area (Å²) >= 11 is 7.52. The molecule has 3 rings (SSSR count). The average molecular weight is 392 g/mol. The van der Waals surface area contributed by atoms with Gasteiger partial charge < -0.3 is 9.88 Å². The molecule has 0 spiro atoms. The second-order valence-corrected chi connectivity index (χ2v) is 8.30. The highest BCUT2D eigenvalue weighted by atomic mass is 35.5. The highest BCUT2D eigenvalue weighted by molar-refractivity contribution is 7.99. The monoisotopic (exact) mass is 391 g/mol. The molecule has 0 radical (unpaired) electrons. The van der Waals surface area contributed by atoms with Gasteiger partial charge in [0.05, 0.1) is 11.4 Å². The van der Waals surface area contributed by atoms with E-state index in [1.165, 1.54) is 49.6 Å². The van der Waals surface area contributed by atoms with Gasteiger partial charge in [-0.3, -0.25) is 4.79 Å². The second-order valence-electron chi connectivity index (χ2n) is 6.92. The Bertz CT molecular complexity index is 768. The number of carbonyl (C=O) groups is 1. The lowest BCUT2D eigenvalue weighted by Gasteiger charge is -2.26. The van der Waals surface area contributed by atoms with Crippen molar-refractivity contribution in [3.05, 3.63) is 46.2 Å². The van der Waals surface area contributed by atoms with Gasteiger partial charge in [0, 0.05) is 23.3 Å². The van der Waals surface area contributed by atoms with Crippen molar-refractivity contribution in [2.45, 2.75) is 63.7 Å². The molecule has 0 unspecified atom stereocenters. The topological polar surface area (TPSA) is 46.9 Å². The number of rotatable bonds is 6. The van der Waals surface area contributed by atoms with Crippen molar-refractivity contribution in [3.63, 3.8) is 0 Å². The van der Waals surface area contributed by atoms with Crippen LogP contribution < -0.4 is 5.32 Å². The molecule has 1 saturated carbocycles. The molecule has 0 atom stereocenters. The molecule has 1 N–H and O–H groups in total. The summed E-state index contributed by atoms with van der Waals surface area (Å²) in [6.07, 6.45) is 6.32. The molecule has 0 saturated heterocycles. The van der Waals surface area contributed by atoms with E-state index in [0.717, 1.165) is 16.4 Å². The summed E-state index contributed by atoms with van der Waals surface area (Å²) in [6, 6.07) is 8.09. The van der Waals surface area contributed by atoms with Crippen molar-refractivity contribution in [2.24, 2.45) is 0 Å². The smallest absolute Gasteiger partial charge is 0.230 e. The standard InChI is InChI=1S/C20H26ClN3OS/c1-14-15(2)24(18-9-4-3-5-10-18)20(23-14)26-13-19(25)22-12-16-7-6-8-17(21)11-16/h6-8,11,18H,3-5,9-10,12-13H2,1-2H3,(H,22,25). The number of halogens is 1. The molecular formula is C20H26ClN3OS. The number of hydrogen-bond donors (Lipinski definition) is 1. The molecule has 0 aliphatic heterocycles. The van der Waals surface area contributed by atoms with E-state index in [2.05, 4.69) is 23.7 Å². The molecular weight excluding hydrogens is 366 g/mol. The van der Waals surface area contributed by atoms with Crippen molar-refractivity contribution in [1.82, 2.24) is 14.9 Å². The van der Waals surface area contributed by atoms with Crippen LogP contribution in [0, 0.1) is 13.8 Å². The van der Waals surface area contributed by atoms with E-state index >= 15 is 0 Å². The fourth-order valence-corrected chi connectivity index (χ4v) is 4.70. The minimum Gasteiger partial charge on any atom is -0.351 e. The molecule has 1 aliphatic carbocycles. The molecule has 1 fully saturated rings. The third kappa shape index (κ3) is 4.83. The summed E-state index contributed by atoms with van der Waals surface area (Å²) in [5.74, 6) is 0.395. The maximum Gasteiger partial charge on any atom is 0.230 e. The van der Waals surface area contributed by atoms with Crippen LogP contribution in [0.2, 0.25) is 5.02 Å². The Morgan fingerprint density at radius 3 is 2.81 bits per heavy atom. The minimum atomic E-state index is 0.0171. The van der Waals surface area contributed by atoms with Gasteiger partial charge in [-0.05, 0) is 44.4 Å². The maximum absolute atomic E-state index is 12.3. The molecule has 26 heavy (non-hydrogen) atoms. The number of imidazole rings is 1. The number of thioether (sulfide) groups is 1. The third-order valence-electron chi connectivity index (χ3n) is 5.01. The third-order valence-corrected chi connectivity index (χ3v) is 6.19. The van der Waals surface area contributed by atoms with Gasteiger partial charge in [-0.15, -0.1) is 0 Å². The Morgan fingerprint density at radius 1 is 1.31 bits per heavy atom. The Kier molecular flexibility index (Phi) is 6.65. The molecule has 1 heterocycles. The van der Waals surface area contributed by atoms with E-state index in [1.807, 2.05) is 24.3 Å². The number of amides is 1. The molecule has 1 aromatic heterocycles. The Hall–Kier alpha value is -1.46. The number of benzene rings is 1. The first-order valence-electron chi connectivity index (χ1n) is 9.24. The van der Waals surface area contributed by atoms with Crippen LogP contribution in [0.3, 0.4) is 0 Å². The van der Waals surface area contributed by atoms with Crippen LogP contribution in [-0.4, -0.2) is 21.2 Å². The molecule has 140 valence electrons. The van der Waals surface area contributed by atoms with Crippen molar-refractivity contribution in [1.29, 1.82) is 0 Å². The quantitative estimate of drug-likeness (QED) is 0.699. The van der Waals surface area contributed by atoms with Crippen LogP contribution in [0.1, 0.15) is 55.1 Å². The fourth-order valence-electron chi connectivity index (χ4n) is 3.50. The average Bonchev–Trinajstić information content (AvgIpc) is 2.93. The van der Waals surface area contributed by atoms with E-state index in [4.69, 9.17) is 16.6 Å². The Labute approximate surface area is 164 Å². The number of nitrogens with zero attached hydrogens (tertiary/aromatic N) is 2. The summed E-state index contributed by atoms with van der Waals surface area (Å²) in [6.45, 7) is 4.69. The van der Waals surface area contributed by atoms with Crippen LogP contribution in [0.4, 0.5) is 0 Å². The number of nitrogens with one attached hydrogen (secondary N) is 1. The largest absolute Gasteiger partial charge is 0.351 e. The summed E-state index contributed by atoms with van der Waals surface area (Å²) in [4.78, 5) is 17.0. The first kappa shape index (κ1) is 19.3. The van der Waals surface area contributed by atoms with E-state index in [1.54, 1.807) is 0 Å². The predicted octanol–water partition coefficient (Wildman–Crippen LogP) is 5.07. The zero-order chi connectivity index (χ0) is 18.5. The molecule has 6 heteroatoms. The Balaban J connectivity index is 1.58. The lowest BCUT2D eigenvalue weighted by atomic mass is 9.95. The zero-order valence-corrected chi connectivity index (χ0v) is 17.0. The number of aryl methyl sites for hydroxylation is 1. The predicted molar refractivity (Wildman–Crippen MR) is 108 cm³/mol. The number of carbonyl (C=O) groups excluding carboxylic acids is 1. The van der Waals surface area contributed by atoms with Crippen LogP contribution in [0.25, 0.3) is 0 Å². The van der Waals surface area contributed by atoms with Crippen LogP contribution >= 0.6 is 23.4 Å². The van der Waals surface area contributed by atoms with Crippen LogP contribution in [0.5, 0.6) is 0 Å². The number of hydrogen-bond acceptors (Lipinski definition) is 3. The minimum absolute atomic E-state index is 0.0171. The van der Waals surface area contributed by atoms with Gasteiger partial charge in [0.1, 0.15) is 0 Å². The summed E-state index contributed by atoms with van der Waals surface area (Å²) in [5, 5.41) is 4.62. The number of aromatic nitrogens is 2. The SMILES string of the molecule is Cc1nc(SCC(=O)NCc2cccc(Cl)c2)n(C2CCCCC2)c1C. The van der Waals surface area contributed by atoms with Gasteiger partial charge in [-0.25, -0.2) is 4.98 Å². The summed E-state index contributed by atoms with van der Waals surface area (Å²) < 4.78 is 2.36. The molecule has 1 amide bonds. The van der Waals surface area contributed by atoms with Crippen molar-refractivity contribution < 1.29 is 4.79 Å². The van der Waals surface area contributed by atoms with Crippen molar-refractivity contribution >= 4 is 29.3 Å². The van der Waals surface area contributed by atoms with E-state index in [9.17, 15) is 4.79 Å². The van der Waals surface area contributed by atoms with Crippen LogP contribution in [-0.2, 0) is 11.3 Å². The molecule has 0 bridgehead atoms. The summed E-state index contributed by atoms with van der Waals surface area (Å²) in [7, 11) is 0. The van der Waals surface area contributed by atoms with Gasteiger partial charge in [0.2, 0.25) is 5.91 Å². The van der Waals surface area contributed by atoms with Crippen molar-refractivity contribution in [2.75, 3.05) is 5.75 Å². The van der Waals surface area contributed by atoms with Gasteiger partial charge in [0.25, 0.3) is 0 Å². The van der Waals surface area contributed by atoms with Crippen molar-refractivity contribution in [3.8, 4) is 0 Å². The molecule has 1 aromatic carbocycles. The van der Waals surface area contributed by atoms with E-state index < -0.39 is 0 Å². The van der Waals surface area contributed by atoms with Crippen LogP contribution in [0.15, 0.2) is 29.4 Å². The van der Waals surface area contributed by atoms with Gasteiger partial charge in [-0.2, -0.15) is 0 Å². The normalized spacial score (nSPS) is 15.2. The van der Waals surface area contributed by atoms with Gasteiger partial charge in [-0.1, -0.05) is 54.8 Å². The fraction of sp³-hybridized carbons (Fsp3) is 0.500. The van der Waals surface area contributed by atoms with E-state index in [-0.39, 0.29) is 5.91 Å². The first-order valence-corrected chi connectivity index (χ1v) is 10.6. The molecule has 1 aliphatic rings. The second kappa shape index (κ2) is 8.96. The zero-order valence-electron chi connectivity index (χ0n) is 15.4. The highest BCUT2D eigenvalue weighted by Gasteiger charge is 2.22. The highest BCUT2D eigenvalue weighted by Crippen LogP contribution is 2.34. The lowest BCUT2D eigenvalue weighted by Crippen LogP contribution is -2.25. The Morgan fingerprint density at radius 2 is 2.08 bits per heavy atom. The lowest BCUT2D eigenvalue weighted by molar-refractivity contribution is -0.118. The van der Waals surface area contributed by atoms with Gasteiger partial charge >= 0.3 is 0 Å². The molecule has 4 nitrogen and oxygen atoms in total. The molecule has 2 aromatic rings. The van der Waals surface area contributed by atoms with E-state index in [0.29, 0.717) is 23.4 Å². The summed E-state index contributed by atoms with van der Waals surface area (Å²) in [5.41, 5.74) is 3.31. The van der Waals surface area contributed by atoms with Gasteiger partial charge in [0.15, 0.2) is 5.16 Å². The maximum atomic E-state index is 12.3. The first-order chi connectivity index (χ1) is 12.5.